The van der Waals surface area contributed by atoms with Crippen LogP contribution in [0.1, 0.15) is 34.0 Å². The van der Waals surface area contributed by atoms with Crippen LogP contribution in [0.5, 0.6) is 5.75 Å². The molecule has 0 radical (unpaired) electrons. The van der Waals surface area contributed by atoms with Crippen molar-refractivity contribution in [2.45, 2.75) is 18.9 Å². The molecule has 2 aliphatic rings. The standard InChI is InChI=1S/C26H19BrN2O2S2/c1-31-17-9-11-20(27)16(13-17)14-22-25(30)29-24(21-7-4-12-32-21)19-10-8-15-5-2-3-6-18(15)23(19)28-26(29)33-22/h2-7,9,11-14,24H,8,10H2,1H3/b22-14+/t24-/m1/s1. The smallest absolute Gasteiger partial charge is 0.271 e. The average Bonchev–Trinajstić information content (AvgIpc) is 3.48. The van der Waals surface area contributed by atoms with Gasteiger partial charge in [-0.25, -0.2) is 4.99 Å². The van der Waals surface area contributed by atoms with E-state index in [9.17, 15) is 4.79 Å². The normalized spacial score (nSPS) is 17.3. The van der Waals surface area contributed by atoms with Gasteiger partial charge in [-0.15, -0.1) is 11.3 Å². The van der Waals surface area contributed by atoms with Crippen molar-refractivity contribution in [3.8, 4) is 5.75 Å². The molecule has 3 heterocycles. The number of aryl methyl sites for hydroxylation is 1. The number of halogens is 1. The van der Waals surface area contributed by atoms with E-state index in [2.05, 4.69) is 57.7 Å². The Morgan fingerprint density at radius 3 is 2.85 bits per heavy atom. The summed E-state index contributed by atoms with van der Waals surface area (Å²) in [6.07, 6.45) is 3.80. The Kier molecular flexibility index (Phi) is 5.20. The third-order valence-corrected chi connectivity index (χ3v) is 8.81. The van der Waals surface area contributed by atoms with Gasteiger partial charge in [0.15, 0.2) is 4.80 Å². The molecule has 0 amide bonds. The summed E-state index contributed by atoms with van der Waals surface area (Å²) in [5, 5.41) is 2.08. The lowest BCUT2D eigenvalue weighted by Crippen LogP contribution is -2.38. The van der Waals surface area contributed by atoms with E-state index in [1.165, 1.54) is 32.9 Å². The molecule has 33 heavy (non-hydrogen) atoms. The maximum Gasteiger partial charge on any atom is 0.271 e. The van der Waals surface area contributed by atoms with Gasteiger partial charge in [-0.05, 0) is 65.3 Å². The minimum atomic E-state index is -0.111. The van der Waals surface area contributed by atoms with Crippen LogP contribution in [0.25, 0.3) is 11.8 Å². The van der Waals surface area contributed by atoms with E-state index < -0.39 is 0 Å². The molecule has 7 heteroatoms. The molecular weight excluding hydrogens is 516 g/mol. The van der Waals surface area contributed by atoms with Crippen LogP contribution in [0.15, 0.2) is 79.8 Å². The molecule has 1 atom stereocenters. The minimum Gasteiger partial charge on any atom is -0.497 e. The van der Waals surface area contributed by atoms with Crippen LogP contribution in [0.3, 0.4) is 0 Å². The molecule has 0 saturated heterocycles. The van der Waals surface area contributed by atoms with E-state index in [0.29, 0.717) is 4.53 Å². The highest BCUT2D eigenvalue weighted by Gasteiger charge is 2.32. The topological polar surface area (TPSA) is 43.6 Å². The van der Waals surface area contributed by atoms with Crippen LogP contribution in [-0.2, 0) is 6.42 Å². The zero-order valence-corrected chi connectivity index (χ0v) is 21.0. The van der Waals surface area contributed by atoms with Gasteiger partial charge in [0, 0.05) is 14.9 Å². The summed E-state index contributed by atoms with van der Waals surface area (Å²) in [7, 11) is 1.64. The lowest BCUT2D eigenvalue weighted by molar-refractivity contribution is 0.414. The Labute approximate surface area is 207 Å². The zero-order valence-electron chi connectivity index (χ0n) is 17.7. The van der Waals surface area contributed by atoms with Gasteiger partial charge in [0.2, 0.25) is 0 Å². The first kappa shape index (κ1) is 20.8. The summed E-state index contributed by atoms with van der Waals surface area (Å²) in [5.41, 5.74) is 5.68. The third-order valence-electron chi connectivity index (χ3n) is 6.18. The third kappa shape index (κ3) is 3.46. The fourth-order valence-electron chi connectivity index (χ4n) is 4.62. The summed E-state index contributed by atoms with van der Waals surface area (Å²) in [6, 6.07) is 18.3. The van der Waals surface area contributed by atoms with Crippen molar-refractivity contribution in [1.82, 2.24) is 4.57 Å². The molecule has 0 spiro atoms. The van der Waals surface area contributed by atoms with Crippen molar-refractivity contribution in [3.63, 3.8) is 0 Å². The first-order valence-electron chi connectivity index (χ1n) is 10.6. The number of hydrogen-bond acceptors (Lipinski definition) is 5. The van der Waals surface area contributed by atoms with Crippen LogP contribution in [0, 0.1) is 0 Å². The summed E-state index contributed by atoms with van der Waals surface area (Å²) < 4.78 is 8.85. The molecule has 0 bridgehead atoms. The Bertz CT molecular complexity index is 1600. The van der Waals surface area contributed by atoms with Crippen LogP contribution in [0.2, 0.25) is 0 Å². The van der Waals surface area contributed by atoms with Gasteiger partial charge in [0.1, 0.15) is 5.75 Å². The van der Waals surface area contributed by atoms with Crippen molar-refractivity contribution in [2.24, 2.45) is 4.99 Å². The molecule has 164 valence electrons. The highest BCUT2D eigenvalue weighted by molar-refractivity contribution is 9.10. The Balaban J connectivity index is 1.61. The second-order valence-corrected chi connectivity index (χ2v) is 10.9. The van der Waals surface area contributed by atoms with Crippen molar-refractivity contribution in [3.05, 3.63) is 111 Å². The summed E-state index contributed by atoms with van der Waals surface area (Å²) in [5.74, 6) is 0.751. The first-order valence-corrected chi connectivity index (χ1v) is 13.1. The van der Waals surface area contributed by atoms with Crippen molar-refractivity contribution in [1.29, 1.82) is 0 Å². The number of nitrogens with zero attached hydrogens (tertiary/aromatic N) is 2. The zero-order chi connectivity index (χ0) is 22.5. The number of rotatable bonds is 3. The predicted molar refractivity (Wildman–Crippen MR) is 138 cm³/mol. The van der Waals surface area contributed by atoms with Gasteiger partial charge < -0.3 is 4.74 Å². The maximum atomic E-state index is 13.7. The highest BCUT2D eigenvalue weighted by atomic mass is 79.9. The number of aromatic nitrogens is 1. The van der Waals surface area contributed by atoms with Gasteiger partial charge in [0.25, 0.3) is 5.56 Å². The van der Waals surface area contributed by atoms with Crippen LogP contribution >= 0.6 is 38.6 Å². The molecule has 0 saturated carbocycles. The number of allylic oxidation sites excluding steroid dienone is 1. The van der Waals surface area contributed by atoms with Gasteiger partial charge in [0.05, 0.1) is 23.4 Å². The Hall–Kier alpha value is -2.74. The molecule has 4 aromatic rings. The number of hydrogen-bond donors (Lipinski definition) is 0. The van der Waals surface area contributed by atoms with Gasteiger partial charge >= 0.3 is 0 Å². The second kappa shape index (κ2) is 8.24. The average molecular weight is 535 g/mol. The molecule has 0 fully saturated rings. The minimum absolute atomic E-state index is 0.00252. The molecule has 0 N–H and O–H groups in total. The van der Waals surface area contributed by atoms with Crippen molar-refractivity contribution >= 4 is 50.4 Å². The molecule has 4 nitrogen and oxygen atoms in total. The van der Waals surface area contributed by atoms with Crippen LogP contribution in [0.4, 0.5) is 0 Å². The number of thiazole rings is 1. The summed E-state index contributed by atoms with van der Waals surface area (Å²) in [4.78, 5) is 20.7. The molecule has 1 aliphatic heterocycles. The largest absolute Gasteiger partial charge is 0.497 e. The molecule has 6 rings (SSSR count). The Morgan fingerprint density at radius 1 is 1.15 bits per heavy atom. The van der Waals surface area contributed by atoms with E-state index in [1.54, 1.807) is 18.4 Å². The highest BCUT2D eigenvalue weighted by Crippen LogP contribution is 2.42. The number of thiophene rings is 1. The monoisotopic (exact) mass is 534 g/mol. The number of benzene rings is 2. The molecule has 0 unspecified atom stereocenters. The quantitative estimate of drug-likeness (QED) is 0.364. The van der Waals surface area contributed by atoms with Gasteiger partial charge in [-0.2, -0.15) is 0 Å². The van der Waals surface area contributed by atoms with Gasteiger partial charge in [-0.1, -0.05) is 57.6 Å². The van der Waals surface area contributed by atoms with E-state index in [0.717, 1.165) is 39.1 Å². The number of methoxy groups -OCH3 is 1. The fourth-order valence-corrected chi connectivity index (χ4v) is 6.82. The maximum absolute atomic E-state index is 13.7. The van der Waals surface area contributed by atoms with Crippen LogP contribution in [-0.4, -0.2) is 11.7 Å². The van der Waals surface area contributed by atoms with E-state index in [-0.39, 0.29) is 11.6 Å². The van der Waals surface area contributed by atoms with Crippen LogP contribution < -0.4 is 19.6 Å². The Morgan fingerprint density at radius 2 is 2.03 bits per heavy atom. The van der Waals surface area contributed by atoms with E-state index >= 15 is 0 Å². The lowest BCUT2D eigenvalue weighted by atomic mass is 9.85. The predicted octanol–water partition coefficient (Wildman–Crippen LogP) is 5.15. The number of ether oxygens (including phenoxy) is 1. The molecule has 2 aromatic heterocycles. The van der Waals surface area contributed by atoms with E-state index in [4.69, 9.17) is 9.73 Å². The number of fused-ring (bicyclic) bond motifs is 3. The molecular formula is C26H19BrN2O2S2. The second-order valence-electron chi connectivity index (χ2n) is 8.02. The van der Waals surface area contributed by atoms with Gasteiger partial charge in [-0.3, -0.25) is 9.36 Å². The summed E-state index contributed by atoms with van der Waals surface area (Å²) >= 11 is 6.75. The van der Waals surface area contributed by atoms with Crippen molar-refractivity contribution < 1.29 is 4.74 Å². The lowest BCUT2D eigenvalue weighted by Gasteiger charge is -2.30. The summed E-state index contributed by atoms with van der Waals surface area (Å²) in [6.45, 7) is 0. The molecule has 2 aromatic carbocycles. The first-order chi connectivity index (χ1) is 16.1. The van der Waals surface area contributed by atoms with E-state index in [1.807, 2.05) is 28.8 Å². The van der Waals surface area contributed by atoms with Crippen molar-refractivity contribution in [2.75, 3.05) is 7.11 Å². The fraction of sp³-hybridized carbons (Fsp3) is 0.154. The molecule has 1 aliphatic carbocycles. The SMILES string of the molecule is COc1ccc(Br)c(/C=c2/sc3n(c2=O)[C@@H](c2cccs2)C2=C(N=3)c3ccccc3CC2)c1.